The first-order valence-electron chi connectivity index (χ1n) is 5.56. The Labute approximate surface area is 122 Å². The first kappa shape index (κ1) is 14.4. The molecule has 0 aliphatic carbocycles. The van der Waals surface area contributed by atoms with E-state index >= 15 is 0 Å². The van der Waals surface area contributed by atoms with Crippen LogP contribution in [0.15, 0.2) is 29.0 Å². The van der Waals surface area contributed by atoms with Gasteiger partial charge in [0.2, 0.25) is 0 Å². The average Bonchev–Trinajstić information content (AvgIpc) is 2.38. The molecule has 0 aliphatic rings. The molecule has 0 aliphatic heterocycles. The van der Waals surface area contributed by atoms with E-state index in [9.17, 15) is 13.6 Å². The lowest BCUT2D eigenvalue weighted by atomic mass is 10.1. The number of hydrogen-bond acceptors (Lipinski definition) is 3. The molecule has 2 rings (SSSR count). The summed E-state index contributed by atoms with van der Waals surface area (Å²) in [4.78, 5) is 15.9. The number of carbonyl (C=O) groups is 1. The molecule has 0 saturated heterocycles. The molecule has 1 heterocycles. The number of aryl methyl sites for hydroxylation is 1. The van der Waals surface area contributed by atoms with Crippen LogP contribution in [0.3, 0.4) is 0 Å². The number of amides is 1. The minimum absolute atomic E-state index is 0.373. The van der Waals surface area contributed by atoms with Crippen LogP contribution in [0, 0.1) is 18.6 Å². The fourth-order valence-corrected chi connectivity index (χ4v) is 1.82. The summed E-state index contributed by atoms with van der Waals surface area (Å²) >= 11 is 3.22. The molecule has 2 aromatic rings. The smallest absolute Gasteiger partial charge is 0.258 e. The first-order chi connectivity index (χ1) is 9.38. The zero-order valence-corrected chi connectivity index (χ0v) is 12.0. The molecule has 1 aromatic carbocycles. The standard InChI is InChI=1S/C13H10BrF2N3O/c1-6-2-8(5-18-12(6)14)19-13(20)9-3-7(15)4-10(17)11(9)16/h2-5H,17H2,1H3,(H,19,20). The Hall–Kier alpha value is -2.02. The summed E-state index contributed by atoms with van der Waals surface area (Å²) in [5, 5.41) is 2.44. The Morgan fingerprint density at radius 2 is 2.05 bits per heavy atom. The van der Waals surface area contributed by atoms with Crippen LogP contribution in [0.25, 0.3) is 0 Å². The number of hydrogen-bond donors (Lipinski definition) is 2. The van der Waals surface area contributed by atoms with Crippen LogP contribution in [0.5, 0.6) is 0 Å². The Morgan fingerprint density at radius 1 is 1.35 bits per heavy atom. The molecule has 0 fully saturated rings. The van der Waals surface area contributed by atoms with Gasteiger partial charge >= 0.3 is 0 Å². The summed E-state index contributed by atoms with van der Waals surface area (Å²) in [6.07, 6.45) is 1.40. The number of nitrogens with zero attached hydrogens (tertiary/aromatic N) is 1. The van der Waals surface area contributed by atoms with E-state index in [0.29, 0.717) is 10.3 Å². The summed E-state index contributed by atoms with van der Waals surface area (Å²) in [5.41, 5.74) is 5.58. The van der Waals surface area contributed by atoms with Crippen LogP contribution in [0.1, 0.15) is 15.9 Å². The molecule has 0 radical (unpaired) electrons. The van der Waals surface area contributed by atoms with Gasteiger partial charge in [0.25, 0.3) is 5.91 Å². The SMILES string of the molecule is Cc1cc(NC(=O)c2cc(F)cc(N)c2F)cnc1Br. The third-order valence-electron chi connectivity index (χ3n) is 2.58. The van der Waals surface area contributed by atoms with Gasteiger partial charge in [-0.25, -0.2) is 13.8 Å². The van der Waals surface area contributed by atoms with Crippen molar-refractivity contribution in [2.45, 2.75) is 6.92 Å². The van der Waals surface area contributed by atoms with Crippen LogP contribution in [-0.4, -0.2) is 10.9 Å². The van der Waals surface area contributed by atoms with E-state index in [1.807, 2.05) is 0 Å². The normalized spacial score (nSPS) is 10.4. The van der Waals surface area contributed by atoms with E-state index in [-0.39, 0.29) is 0 Å². The van der Waals surface area contributed by atoms with Crippen LogP contribution in [-0.2, 0) is 0 Å². The van der Waals surface area contributed by atoms with E-state index in [1.54, 1.807) is 13.0 Å². The second kappa shape index (κ2) is 5.54. The molecule has 0 spiro atoms. The average molecular weight is 342 g/mol. The monoisotopic (exact) mass is 341 g/mol. The molecule has 104 valence electrons. The summed E-state index contributed by atoms with van der Waals surface area (Å²) in [6, 6.07) is 3.26. The molecule has 0 atom stereocenters. The van der Waals surface area contributed by atoms with Gasteiger partial charge in [-0.1, -0.05) is 0 Å². The van der Waals surface area contributed by atoms with E-state index in [2.05, 4.69) is 26.2 Å². The molecule has 20 heavy (non-hydrogen) atoms. The number of nitrogens with one attached hydrogen (secondary N) is 1. The Bertz CT molecular complexity index is 692. The fourth-order valence-electron chi connectivity index (χ4n) is 1.60. The van der Waals surface area contributed by atoms with Crippen LogP contribution in [0.4, 0.5) is 20.2 Å². The number of carbonyl (C=O) groups excluding carboxylic acids is 1. The number of benzene rings is 1. The summed E-state index contributed by atoms with van der Waals surface area (Å²) in [6.45, 7) is 1.79. The lowest BCUT2D eigenvalue weighted by Gasteiger charge is -2.08. The second-order valence-electron chi connectivity index (χ2n) is 4.14. The fraction of sp³-hybridized carbons (Fsp3) is 0.0769. The number of anilines is 2. The van der Waals surface area contributed by atoms with Crippen molar-refractivity contribution >= 4 is 33.2 Å². The molecule has 4 nitrogen and oxygen atoms in total. The predicted molar refractivity (Wildman–Crippen MR) is 75.4 cm³/mol. The quantitative estimate of drug-likeness (QED) is 0.650. The highest BCUT2D eigenvalue weighted by atomic mass is 79.9. The zero-order chi connectivity index (χ0) is 14.9. The highest BCUT2D eigenvalue weighted by Crippen LogP contribution is 2.20. The molecular formula is C13H10BrF2N3O. The van der Waals surface area contributed by atoms with Gasteiger partial charge in [0.1, 0.15) is 10.4 Å². The number of halogens is 3. The zero-order valence-electron chi connectivity index (χ0n) is 10.4. The van der Waals surface area contributed by atoms with Crippen molar-refractivity contribution in [2.24, 2.45) is 0 Å². The number of pyridine rings is 1. The maximum atomic E-state index is 13.7. The van der Waals surface area contributed by atoms with Gasteiger partial charge in [-0.2, -0.15) is 0 Å². The van der Waals surface area contributed by atoms with E-state index < -0.39 is 28.8 Å². The minimum Gasteiger partial charge on any atom is -0.396 e. The van der Waals surface area contributed by atoms with Gasteiger partial charge in [0, 0.05) is 0 Å². The molecule has 3 N–H and O–H groups in total. The number of nitrogens with two attached hydrogens (primary N) is 1. The Kier molecular flexibility index (Phi) is 3.99. The summed E-state index contributed by atoms with van der Waals surface area (Å²) in [7, 11) is 0. The molecule has 7 heteroatoms. The van der Waals surface area contributed by atoms with Gasteiger partial charge in [0.05, 0.1) is 23.1 Å². The molecule has 0 unspecified atom stereocenters. The van der Waals surface area contributed by atoms with Gasteiger partial charge < -0.3 is 11.1 Å². The maximum Gasteiger partial charge on any atom is 0.258 e. The van der Waals surface area contributed by atoms with E-state index in [0.717, 1.165) is 17.7 Å². The van der Waals surface area contributed by atoms with Crippen molar-refractivity contribution in [3.8, 4) is 0 Å². The lowest BCUT2D eigenvalue weighted by molar-refractivity contribution is 0.102. The Morgan fingerprint density at radius 3 is 2.70 bits per heavy atom. The van der Waals surface area contributed by atoms with Crippen LogP contribution < -0.4 is 11.1 Å². The molecule has 1 aromatic heterocycles. The van der Waals surface area contributed by atoms with Gasteiger partial charge in [-0.3, -0.25) is 4.79 Å². The van der Waals surface area contributed by atoms with E-state index in [4.69, 9.17) is 5.73 Å². The van der Waals surface area contributed by atoms with Crippen molar-refractivity contribution in [3.05, 3.63) is 51.8 Å². The largest absolute Gasteiger partial charge is 0.396 e. The van der Waals surface area contributed by atoms with Gasteiger partial charge in [-0.05, 0) is 46.6 Å². The van der Waals surface area contributed by atoms with Crippen molar-refractivity contribution < 1.29 is 13.6 Å². The Balaban J connectivity index is 2.30. The third kappa shape index (κ3) is 2.93. The predicted octanol–water partition coefficient (Wildman–Crippen LogP) is 3.27. The van der Waals surface area contributed by atoms with Gasteiger partial charge in [0.15, 0.2) is 5.82 Å². The minimum atomic E-state index is -0.953. The number of rotatable bonds is 2. The van der Waals surface area contributed by atoms with Crippen molar-refractivity contribution in [2.75, 3.05) is 11.1 Å². The van der Waals surface area contributed by atoms with Crippen molar-refractivity contribution in [1.82, 2.24) is 4.98 Å². The van der Waals surface area contributed by atoms with Crippen LogP contribution in [0.2, 0.25) is 0 Å². The highest BCUT2D eigenvalue weighted by molar-refractivity contribution is 9.10. The molecule has 0 saturated carbocycles. The first-order valence-corrected chi connectivity index (χ1v) is 6.36. The molecule has 1 amide bonds. The third-order valence-corrected chi connectivity index (χ3v) is 3.41. The topological polar surface area (TPSA) is 68.0 Å². The lowest BCUT2D eigenvalue weighted by Crippen LogP contribution is -2.15. The van der Waals surface area contributed by atoms with Crippen molar-refractivity contribution in [1.29, 1.82) is 0 Å². The molecular weight excluding hydrogens is 332 g/mol. The summed E-state index contributed by atoms with van der Waals surface area (Å²) < 4.78 is 27.5. The van der Waals surface area contributed by atoms with Gasteiger partial charge in [-0.15, -0.1) is 0 Å². The second-order valence-corrected chi connectivity index (χ2v) is 4.89. The highest BCUT2D eigenvalue weighted by Gasteiger charge is 2.16. The number of nitrogen functional groups attached to an aromatic ring is 1. The van der Waals surface area contributed by atoms with Crippen LogP contribution >= 0.6 is 15.9 Å². The molecule has 0 bridgehead atoms. The summed E-state index contributed by atoms with van der Waals surface area (Å²) in [5.74, 6) is -2.53. The maximum absolute atomic E-state index is 13.7. The number of aromatic nitrogens is 1. The van der Waals surface area contributed by atoms with E-state index in [1.165, 1.54) is 6.20 Å². The van der Waals surface area contributed by atoms with Crippen molar-refractivity contribution in [3.63, 3.8) is 0 Å².